The summed E-state index contributed by atoms with van der Waals surface area (Å²) < 4.78 is 18.3. The number of carbonyl (C=O) groups is 2. The quantitative estimate of drug-likeness (QED) is 0.117. The molecule has 270 valence electrons. The normalized spacial score (nSPS) is 20.0. The zero-order valence-electron chi connectivity index (χ0n) is 29.7. The van der Waals surface area contributed by atoms with Crippen molar-refractivity contribution in [1.29, 1.82) is 0 Å². The van der Waals surface area contributed by atoms with Gasteiger partial charge in [0, 0.05) is 30.6 Å². The highest BCUT2D eigenvalue weighted by Gasteiger charge is 2.39. The number of benzene rings is 4. The number of hydrogen-bond donors (Lipinski definition) is 4. The molecule has 1 aliphatic heterocycles. The molecule has 1 saturated heterocycles. The molecule has 6 atom stereocenters. The van der Waals surface area contributed by atoms with Gasteiger partial charge in [-0.15, -0.1) is 0 Å². The van der Waals surface area contributed by atoms with Crippen LogP contribution in [0.5, 0.6) is 0 Å². The molecule has 0 unspecified atom stereocenters. The van der Waals surface area contributed by atoms with Gasteiger partial charge in [-0.2, -0.15) is 0 Å². The van der Waals surface area contributed by atoms with Gasteiger partial charge in [0.05, 0.1) is 31.5 Å². The average molecular weight is 696 g/mol. The number of likely N-dealkylation sites (N-methyl/N-ethyl adjacent to an activating group) is 1. The van der Waals surface area contributed by atoms with Crippen molar-refractivity contribution >= 4 is 12.0 Å². The fourth-order valence-electron chi connectivity index (χ4n) is 6.33. The van der Waals surface area contributed by atoms with E-state index in [0.717, 1.165) is 38.9 Å². The zero-order chi connectivity index (χ0) is 36.3. The molecule has 0 bridgehead atoms. The lowest BCUT2D eigenvalue weighted by molar-refractivity contribution is -0.276. The number of esters is 1. The second kappa shape index (κ2) is 18.1. The number of hydrogen-bond acceptors (Lipinski definition) is 8. The van der Waals surface area contributed by atoms with Crippen molar-refractivity contribution in [3.8, 4) is 11.1 Å². The molecule has 0 spiro atoms. The third-order valence-corrected chi connectivity index (χ3v) is 9.53. The summed E-state index contributed by atoms with van der Waals surface area (Å²) in [6.45, 7) is 6.72. The van der Waals surface area contributed by atoms with Crippen LogP contribution in [0.25, 0.3) is 11.1 Å². The van der Waals surface area contributed by atoms with Gasteiger partial charge in [-0.25, -0.2) is 4.79 Å². The third kappa shape index (κ3) is 9.81. The van der Waals surface area contributed by atoms with Crippen molar-refractivity contribution in [2.75, 3.05) is 26.7 Å². The highest BCUT2D eigenvalue weighted by molar-refractivity contribution is 5.81. The summed E-state index contributed by atoms with van der Waals surface area (Å²) >= 11 is 0. The van der Waals surface area contributed by atoms with E-state index < -0.39 is 24.4 Å². The van der Waals surface area contributed by atoms with Crippen LogP contribution in [0.1, 0.15) is 67.1 Å². The Morgan fingerprint density at radius 3 is 2.24 bits per heavy atom. The standard InChI is InChI=1S/C41H49N3O7/c1-5-49-37(46)24-43-41(48)42-23-34-13-9-10-14-35(34)30-19-21-33(22-20-30)40-50-36(25-44(4)28(3)38(47)31-11-7-6-8-12-31)27(2)39(51-40)32-17-15-29(26-45)16-18-32/h6-22,27-28,36,38-40,45,47H,5,23-26H2,1-4H3,(H2,42,43,48)/t27-,28-,36+,38-,39+,40+/m0/s1. The van der Waals surface area contributed by atoms with Gasteiger partial charge in [-0.1, -0.05) is 110 Å². The second-order valence-electron chi connectivity index (χ2n) is 13.0. The van der Waals surface area contributed by atoms with E-state index in [0.29, 0.717) is 6.54 Å². The molecule has 0 aromatic heterocycles. The molecule has 10 nitrogen and oxygen atoms in total. The smallest absolute Gasteiger partial charge is 0.325 e. The van der Waals surface area contributed by atoms with Crippen LogP contribution in [0.15, 0.2) is 103 Å². The molecular weight excluding hydrogens is 646 g/mol. The molecule has 0 aliphatic carbocycles. The van der Waals surface area contributed by atoms with Crippen LogP contribution in [-0.4, -0.2) is 66.0 Å². The zero-order valence-corrected chi connectivity index (χ0v) is 29.7. The van der Waals surface area contributed by atoms with Crippen LogP contribution in [0, 0.1) is 5.92 Å². The predicted molar refractivity (Wildman–Crippen MR) is 195 cm³/mol. The van der Waals surface area contributed by atoms with Gasteiger partial charge in [-0.3, -0.25) is 9.69 Å². The van der Waals surface area contributed by atoms with Gasteiger partial charge in [-0.05, 0) is 54.3 Å². The summed E-state index contributed by atoms with van der Waals surface area (Å²) in [5.41, 5.74) is 6.40. The summed E-state index contributed by atoms with van der Waals surface area (Å²) in [5.74, 6) is -0.507. The highest BCUT2D eigenvalue weighted by atomic mass is 16.7. The Balaban J connectivity index is 1.33. The van der Waals surface area contributed by atoms with Gasteiger partial charge in [0.2, 0.25) is 0 Å². The van der Waals surface area contributed by atoms with Gasteiger partial charge in [0.1, 0.15) is 6.54 Å². The number of amides is 2. The highest BCUT2D eigenvalue weighted by Crippen LogP contribution is 2.42. The Labute approximate surface area is 300 Å². The molecule has 4 N–H and O–H groups in total. The Bertz CT molecular complexity index is 1700. The first-order valence-corrected chi connectivity index (χ1v) is 17.5. The van der Waals surface area contributed by atoms with Crippen LogP contribution in [0.2, 0.25) is 0 Å². The SMILES string of the molecule is CCOC(=O)CNC(=O)NCc1ccccc1-c1ccc([C@@H]2O[C@H](CN(C)[C@@H](C)[C@H](O)c3ccccc3)[C@H](C)[C@H](c3ccc(CO)cc3)O2)cc1. The van der Waals surface area contributed by atoms with E-state index in [1.807, 2.05) is 117 Å². The summed E-state index contributed by atoms with van der Waals surface area (Å²) in [4.78, 5) is 26.1. The van der Waals surface area contributed by atoms with Crippen LogP contribution in [0.4, 0.5) is 4.79 Å². The van der Waals surface area contributed by atoms with Crippen molar-refractivity contribution in [3.63, 3.8) is 0 Å². The first-order valence-electron chi connectivity index (χ1n) is 17.5. The summed E-state index contributed by atoms with van der Waals surface area (Å²) in [6, 6.07) is 32.8. The van der Waals surface area contributed by atoms with E-state index in [1.54, 1.807) is 6.92 Å². The maximum atomic E-state index is 12.3. The maximum Gasteiger partial charge on any atom is 0.325 e. The van der Waals surface area contributed by atoms with E-state index in [9.17, 15) is 19.8 Å². The molecule has 0 radical (unpaired) electrons. The number of nitrogens with one attached hydrogen (secondary N) is 2. The molecule has 2 amide bonds. The van der Waals surface area contributed by atoms with Crippen LogP contribution in [-0.2, 0) is 32.2 Å². The first-order chi connectivity index (χ1) is 24.7. The van der Waals surface area contributed by atoms with Crippen molar-refractivity contribution < 1.29 is 34.0 Å². The van der Waals surface area contributed by atoms with Crippen LogP contribution < -0.4 is 10.6 Å². The predicted octanol–water partition coefficient (Wildman–Crippen LogP) is 6.05. The van der Waals surface area contributed by atoms with Gasteiger partial charge < -0.3 is 35.1 Å². The first kappa shape index (κ1) is 37.7. The van der Waals surface area contributed by atoms with E-state index >= 15 is 0 Å². The van der Waals surface area contributed by atoms with E-state index in [1.165, 1.54) is 0 Å². The topological polar surface area (TPSA) is 130 Å². The Kier molecular flexibility index (Phi) is 13.3. The molecule has 4 aromatic rings. The molecule has 51 heavy (non-hydrogen) atoms. The Morgan fingerprint density at radius 1 is 0.882 bits per heavy atom. The lowest BCUT2D eigenvalue weighted by atomic mass is 9.89. The number of urea groups is 1. The Hall–Kier alpha value is -4.58. The minimum absolute atomic E-state index is 0.0158. The Morgan fingerprint density at radius 2 is 1.55 bits per heavy atom. The van der Waals surface area contributed by atoms with Gasteiger partial charge in [0.25, 0.3) is 0 Å². The minimum Gasteiger partial charge on any atom is -0.465 e. The lowest BCUT2D eigenvalue weighted by Crippen LogP contribution is -2.46. The van der Waals surface area contributed by atoms with Crippen LogP contribution in [0.3, 0.4) is 0 Å². The van der Waals surface area contributed by atoms with Gasteiger partial charge in [0.15, 0.2) is 6.29 Å². The molecule has 1 fully saturated rings. The summed E-state index contributed by atoms with van der Waals surface area (Å²) in [6.07, 6.45) is -1.80. The second-order valence-corrected chi connectivity index (χ2v) is 13.0. The molecule has 0 saturated carbocycles. The number of aliphatic hydroxyl groups is 2. The average Bonchev–Trinajstić information content (AvgIpc) is 3.17. The molecule has 4 aromatic carbocycles. The fraction of sp³-hybridized carbons (Fsp3) is 0.366. The number of aliphatic hydroxyl groups excluding tert-OH is 2. The lowest BCUT2D eigenvalue weighted by Gasteiger charge is -2.43. The number of ether oxygens (including phenoxy) is 3. The fourth-order valence-corrected chi connectivity index (χ4v) is 6.33. The van der Waals surface area contributed by atoms with Crippen molar-refractivity contribution in [2.24, 2.45) is 5.92 Å². The third-order valence-electron chi connectivity index (χ3n) is 9.53. The molecule has 1 aliphatic rings. The monoisotopic (exact) mass is 695 g/mol. The number of carbonyl (C=O) groups excluding carboxylic acids is 2. The minimum atomic E-state index is -0.659. The maximum absolute atomic E-state index is 12.3. The van der Waals surface area contributed by atoms with Crippen LogP contribution >= 0.6 is 0 Å². The molecule has 1 heterocycles. The number of nitrogens with zero attached hydrogens (tertiary/aromatic N) is 1. The molecule has 5 rings (SSSR count). The molecular formula is C41H49N3O7. The molecule has 10 heteroatoms. The van der Waals surface area contributed by atoms with E-state index in [4.69, 9.17) is 14.2 Å². The van der Waals surface area contributed by atoms with Crippen molar-refractivity contribution in [2.45, 2.75) is 64.6 Å². The van der Waals surface area contributed by atoms with Crippen molar-refractivity contribution in [3.05, 3.63) is 131 Å². The van der Waals surface area contributed by atoms with E-state index in [-0.39, 0.29) is 50.5 Å². The number of rotatable bonds is 14. The van der Waals surface area contributed by atoms with Crippen molar-refractivity contribution in [1.82, 2.24) is 15.5 Å². The van der Waals surface area contributed by atoms with E-state index in [2.05, 4.69) is 22.5 Å². The summed E-state index contributed by atoms with van der Waals surface area (Å²) in [5, 5.41) is 26.1. The van der Waals surface area contributed by atoms with Gasteiger partial charge >= 0.3 is 12.0 Å². The summed E-state index contributed by atoms with van der Waals surface area (Å²) in [7, 11) is 2.01. The largest absolute Gasteiger partial charge is 0.465 e.